The van der Waals surface area contributed by atoms with Crippen LogP contribution in [0.5, 0.6) is 11.5 Å². The number of anilines is 1. The number of methoxy groups -OCH3 is 2. The normalized spacial score (nSPS) is 16.8. The van der Waals surface area contributed by atoms with Crippen LogP contribution < -0.4 is 19.7 Å². The molecule has 1 aliphatic rings. The molecule has 0 bridgehead atoms. The lowest BCUT2D eigenvalue weighted by atomic mass is 9.96. The molecule has 3 heterocycles. The molecule has 8 nitrogen and oxygen atoms in total. The van der Waals surface area contributed by atoms with Crippen LogP contribution in [0.4, 0.5) is 5.69 Å². The molecule has 38 heavy (non-hydrogen) atoms. The molecule has 2 atom stereocenters. The van der Waals surface area contributed by atoms with Gasteiger partial charge in [-0.3, -0.25) is 4.98 Å². The van der Waals surface area contributed by atoms with Gasteiger partial charge < -0.3 is 29.4 Å². The number of hydrogen-bond donors (Lipinski definition) is 2. The van der Waals surface area contributed by atoms with Gasteiger partial charge in [0.1, 0.15) is 11.5 Å². The molecular formula is C29H28N4O4S. The summed E-state index contributed by atoms with van der Waals surface area (Å²) >= 11 is 5.89. The monoisotopic (exact) mass is 528 g/mol. The van der Waals surface area contributed by atoms with Crippen LogP contribution in [0.25, 0.3) is 5.69 Å². The topological polar surface area (TPSA) is 88.9 Å². The summed E-state index contributed by atoms with van der Waals surface area (Å²) in [5, 5.41) is 13.9. The first-order valence-electron chi connectivity index (χ1n) is 12.1. The second kappa shape index (κ2) is 10.2. The number of pyridine rings is 1. The lowest BCUT2D eigenvalue weighted by Gasteiger charge is -2.29. The molecule has 1 aliphatic heterocycles. The first-order valence-corrected chi connectivity index (χ1v) is 12.5. The summed E-state index contributed by atoms with van der Waals surface area (Å²) in [6, 6.07) is 20.0. The van der Waals surface area contributed by atoms with Crippen molar-refractivity contribution in [3.63, 3.8) is 0 Å². The van der Waals surface area contributed by atoms with E-state index in [0.717, 1.165) is 28.3 Å². The zero-order chi connectivity index (χ0) is 27.0. The number of para-hydroxylation sites is 1. The fourth-order valence-electron chi connectivity index (χ4n) is 5.22. The molecule has 1 fully saturated rings. The summed E-state index contributed by atoms with van der Waals surface area (Å²) in [6.07, 6.45) is 1.76. The maximum absolute atomic E-state index is 12.0. The van der Waals surface area contributed by atoms with E-state index < -0.39 is 5.97 Å². The van der Waals surface area contributed by atoms with Gasteiger partial charge >= 0.3 is 5.97 Å². The van der Waals surface area contributed by atoms with E-state index in [0.29, 0.717) is 22.3 Å². The number of ether oxygens (including phenoxy) is 2. The molecule has 2 aromatic carbocycles. The Labute approximate surface area is 226 Å². The zero-order valence-electron chi connectivity index (χ0n) is 21.5. The third-order valence-corrected chi connectivity index (χ3v) is 7.22. The summed E-state index contributed by atoms with van der Waals surface area (Å²) in [6.45, 7) is 3.98. The standard InChI is InChI=1S/C29H28N4O4S/c1-17-15-21(18(2)32(17)23-11-6-5-9-20(23)28(34)35)27-26(22-10-7-8-14-30-22)31-29(38)33(27)24-13-12-19(36-3)16-25(24)37-4/h5-16,26-27H,1-4H3,(H,31,38)(H,34,35)/t26-,27-/m1/s1. The second-order valence-corrected chi connectivity index (χ2v) is 9.41. The summed E-state index contributed by atoms with van der Waals surface area (Å²) in [5.74, 6) is 0.310. The Morgan fingerprint density at radius 2 is 1.76 bits per heavy atom. The van der Waals surface area contributed by atoms with E-state index in [1.807, 2.05) is 71.8 Å². The largest absolute Gasteiger partial charge is 0.497 e. The molecule has 0 aliphatic carbocycles. The SMILES string of the molecule is COc1ccc(N2C(=S)N[C@H](c3ccccn3)[C@H]2c2cc(C)n(-c3ccccc3C(=O)O)c2C)c(OC)c1. The van der Waals surface area contributed by atoms with E-state index in [9.17, 15) is 9.90 Å². The Hall–Kier alpha value is -4.37. The number of carboxylic acid groups (broad SMARTS) is 1. The van der Waals surface area contributed by atoms with Gasteiger partial charge in [0.05, 0.1) is 48.9 Å². The second-order valence-electron chi connectivity index (χ2n) is 9.02. The van der Waals surface area contributed by atoms with E-state index in [-0.39, 0.29) is 17.6 Å². The lowest BCUT2D eigenvalue weighted by Crippen LogP contribution is -2.30. The molecular weight excluding hydrogens is 500 g/mol. The van der Waals surface area contributed by atoms with Crippen molar-refractivity contribution in [1.82, 2.24) is 14.9 Å². The third-order valence-electron chi connectivity index (χ3n) is 6.91. The van der Waals surface area contributed by atoms with Crippen LogP contribution in [0.15, 0.2) is 72.9 Å². The van der Waals surface area contributed by atoms with Crippen molar-refractivity contribution in [1.29, 1.82) is 0 Å². The summed E-state index contributed by atoms with van der Waals surface area (Å²) in [5.41, 5.74) is 5.27. The number of nitrogens with zero attached hydrogens (tertiary/aromatic N) is 3. The number of aromatic nitrogens is 2. The van der Waals surface area contributed by atoms with Crippen molar-refractivity contribution in [2.45, 2.75) is 25.9 Å². The first kappa shape index (κ1) is 25.3. The predicted molar refractivity (Wildman–Crippen MR) is 150 cm³/mol. The smallest absolute Gasteiger partial charge is 0.337 e. The zero-order valence-corrected chi connectivity index (χ0v) is 22.3. The Morgan fingerprint density at radius 3 is 2.45 bits per heavy atom. The predicted octanol–water partition coefficient (Wildman–Crippen LogP) is 5.38. The fraction of sp³-hybridized carbons (Fsp3) is 0.207. The van der Waals surface area contributed by atoms with Crippen molar-refractivity contribution < 1.29 is 19.4 Å². The van der Waals surface area contributed by atoms with Crippen LogP contribution in [-0.2, 0) is 0 Å². The van der Waals surface area contributed by atoms with E-state index >= 15 is 0 Å². The molecule has 1 saturated heterocycles. The molecule has 194 valence electrons. The van der Waals surface area contributed by atoms with Crippen LogP contribution in [0, 0.1) is 13.8 Å². The van der Waals surface area contributed by atoms with Crippen LogP contribution in [-0.4, -0.2) is 40.0 Å². The van der Waals surface area contributed by atoms with Gasteiger partial charge in [0, 0.05) is 23.7 Å². The Bertz CT molecular complexity index is 1520. The average Bonchev–Trinajstić information content (AvgIpc) is 3.43. The van der Waals surface area contributed by atoms with Gasteiger partial charge in [-0.05, 0) is 74.1 Å². The van der Waals surface area contributed by atoms with Crippen molar-refractivity contribution in [2.75, 3.05) is 19.1 Å². The molecule has 9 heteroatoms. The highest BCUT2D eigenvalue weighted by Crippen LogP contribution is 2.46. The van der Waals surface area contributed by atoms with Crippen molar-refractivity contribution >= 4 is 29.0 Å². The minimum Gasteiger partial charge on any atom is -0.497 e. The van der Waals surface area contributed by atoms with Crippen LogP contribution in [0.3, 0.4) is 0 Å². The van der Waals surface area contributed by atoms with Gasteiger partial charge in [0.2, 0.25) is 0 Å². The first-order chi connectivity index (χ1) is 18.3. The molecule has 5 rings (SSSR count). The number of carboxylic acids is 1. The number of rotatable bonds is 7. The van der Waals surface area contributed by atoms with Gasteiger partial charge in [0.15, 0.2) is 5.11 Å². The van der Waals surface area contributed by atoms with E-state index in [2.05, 4.69) is 16.4 Å². The number of nitrogens with one attached hydrogen (secondary N) is 1. The number of benzene rings is 2. The molecule has 0 amide bonds. The van der Waals surface area contributed by atoms with Crippen LogP contribution >= 0.6 is 12.2 Å². The molecule has 0 radical (unpaired) electrons. The molecule has 2 N–H and O–H groups in total. The van der Waals surface area contributed by atoms with Crippen molar-refractivity contribution in [3.05, 3.63) is 101 Å². The maximum atomic E-state index is 12.0. The van der Waals surface area contributed by atoms with Gasteiger partial charge in [0.25, 0.3) is 0 Å². The summed E-state index contributed by atoms with van der Waals surface area (Å²) in [4.78, 5) is 18.7. The minimum atomic E-state index is -0.977. The number of aryl methyl sites for hydroxylation is 1. The molecule has 2 aromatic heterocycles. The van der Waals surface area contributed by atoms with Crippen LogP contribution in [0.2, 0.25) is 0 Å². The third kappa shape index (κ3) is 4.24. The Balaban J connectivity index is 1.72. The van der Waals surface area contributed by atoms with Crippen LogP contribution in [0.1, 0.15) is 45.1 Å². The van der Waals surface area contributed by atoms with Gasteiger partial charge in [-0.15, -0.1) is 0 Å². The molecule has 0 spiro atoms. The highest BCUT2D eigenvalue weighted by atomic mass is 32.1. The molecule has 0 unspecified atom stereocenters. The van der Waals surface area contributed by atoms with Crippen molar-refractivity contribution in [3.8, 4) is 17.2 Å². The number of thiocarbonyl (C=S) groups is 1. The highest BCUT2D eigenvalue weighted by Gasteiger charge is 2.43. The maximum Gasteiger partial charge on any atom is 0.337 e. The van der Waals surface area contributed by atoms with E-state index in [4.69, 9.17) is 21.7 Å². The summed E-state index contributed by atoms with van der Waals surface area (Å²) < 4.78 is 13.1. The van der Waals surface area contributed by atoms with Gasteiger partial charge in [-0.1, -0.05) is 18.2 Å². The molecule has 0 saturated carbocycles. The highest BCUT2D eigenvalue weighted by molar-refractivity contribution is 7.80. The Kier molecular flexibility index (Phi) is 6.77. The minimum absolute atomic E-state index is 0.232. The Morgan fingerprint density at radius 1 is 1.00 bits per heavy atom. The number of aromatic carboxylic acids is 1. The van der Waals surface area contributed by atoms with E-state index in [1.165, 1.54) is 0 Å². The van der Waals surface area contributed by atoms with Crippen molar-refractivity contribution in [2.24, 2.45) is 0 Å². The lowest BCUT2D eigenvalue weighted by molar-refractivity contribution is 0.0697. The number of hydrogen-bond acceptors (Lipinski definition) is 5. The fourth-order valence-corrected chi connectivity index (χ4v) is 5.56. The van der Waals surface area contributed by atoms with E-state index in [1.54, 1.807) is 32.5 Å². The quantitative estimate of drug-likeness (QED) is 0.309. The average molecular weight is 529 g/mol. The van der Waals surface area contributed by atoms with Gasteiger partial charge in [-0.25, -0.2) is 4.79 Å². The number of carbonyl (C=O) groups is 1. The van der Waals surface area contributed by atoms with Gasteiger partial charge in [-0.2, -0.15) is 0 Å². The summed E-state index contributed by atoms with van der Waals surface area (Å²) in [7, 11) is 3.23. The molecule has 4 aromatic rings.